The third kappa shape index (κ3) is 6.19. The molecule has 0 radical (unpaired) electrons. The number of nitrogens with zero attached hydrogens (tertiary/aromatic N) is 2. The van der Waals surface area contributed by atoms with E-state index in [1.165, 1.54) is 12.4 Å². The average Bonchev–Trinajstić information content (AvgIpc) is 2.56. The normalized spacial score (nSPS) is 10.4. The number of pyridine rings is 1. The van der Waals surface area contributed by atoms with Crippen LogP contribution in [-0.2, 0) is 4.79 Å². The van der Waals surface area contributed by atoms with E-state index in [0.29, 0.717) is 22.2 Å². The molecule has 0 fully saturated rings. The standard InChI is InChI=1S/C15H13ClN4O3S/c16-10-1-4-12(5-2-10)22-9-14(21)23-13-6-3-11(18-8-13)7-19-20-15(17)24/h1-8H,9H2,(H3,17,20,24)/b19-7-. The number of ether oxygens (including phenoxy) is 2. The third-order valence-electron chi connectivity index (χ3n) is 2.53. The number of carbonyl (C=O) groups excluding carboxylic acids is 1. The smallest absolute Gasteiger partial charge is 0.349 e. The van der Waals surface area contributed by atoms with Crippen molar-refractivity contribution in [3.8, 4) is 11.5 Å². The lowest BCUT2D eigenvalue weighted by Gasteiger charge is -2.06. The Morgan fingerprint density at radius 3 is 2.62 bits per heavy atom. The SMILES string of the molecule is NC(=S)N/N=C\c1ccc(OC(=O)COc2ccc(Cl)cc2)cn1. The Balaban J connectivity index is 1.82. The van der Waals surface area contributed by atoms with Crippen LogP contribution in [0.2, 0.25) is 5.02 Å². The zero-order valence-electron chi connectivity index (χ0n) is 12.3. The number of carbonyl (C=O) groups is 1. The predicted molar refractivity (Wildman–Crippen MR) is 94.3 cm³/mol. The molecule has 2 rings (SSSR count). The molecule has 1 heterocycles. The summed E-state index contributed by atoms with van der Waals surface area (Å²) >= 11 is 10.4. The van der Waals surface area contributed by atoms with Gasteiger partial charge < -0.3 is 15.2 Å². The summed E-state index contributed by atoms with van der Waals surface area (Å²) in [5.41, 5.74) is 8.17. The maximum atomic E-state index is 11.7. The molecule has 0 aliphatic rings. The molecular weight excluding hydrogens is 352 g/mol. The molecule has 3 N–H and O–H groups in total. The van der Waals surface area contributed by atoms with Crippen molar-refractivity contribution in [2.75, 3.05) is 6.61 Å². The summed E-state index contributed by atoms with van der Waals surface area (Å²) in [5.74, 6) is 0.258. The van der Waals surface area contributed by atoms with Crippen LogP contribution >= 0.6 is 23.8 Å². The van der Waals surface area contributed by atoms with Gasteiger partial charge in [-0.05, 0) is 48.6 Å². The van der Waals surface area contributed by atoms with E-state index in [1.807, 2.05) is 0 Å². The van der Waals surface area contributed by atoms with E-state index in [1.54, 1.807) is 36.4 Å². The second-order valence-electron chi connectivity index (χ2n) is 4.37. The van der Waals surface area contributed by atoms with Crippen molar-refractivity contribution >= 4 is 41.1 Å². The van der Waals surface area contributed by atoms with Crippen LogP contribution in [0.1, 0.15) is 5.69 Å². The van der Waals surface area contributed by atoms with E-state index < -0.39 is 5.97 Å². The van der Waals surface area contributed by atoms with Crippen LogP contribution in [0.4, 0.5) is 0 Å². The monoisotopic (exact) mass is 364 g/mol. The molecule has 7 nitrogen and oxygen atoms in total. The van der Waals surface area contributed by atoms with Gasteiger partial charge in [0.05, 0.1) is 18.1 Å². The van der Waals surface area contributed by atoms with Gasteiger partial charge in [-0.3, -0.25) is 10.4 Å². The van der Waals surface area contributed by atoms with Crippen molar-refractivity contribution in [3.63, 3.8) is 0 Å². The lowest BCUT2D eigenvalue weighted by molar-refractivity contribution is -0.136. The fraction of sp³-hybridized carbons (Fsp3) is 0.0667. The molecule has 0 unspecified atom stereocenters. The number of nitrogens with one attached hydrogen (secondary N) is 1. The van der Waals surface area contributed by atoms with Gasteiger partial charge in [0.25, 0.3) is 0 Å². The maximum absolute atomic E-state index is 11.7. The minimum absolute atomic E-state index is 0.0532. The van der Waals surface area contributed by atoms with Gasteiger partial charge in [-0.2, -0.15) is 5.10 Å². The van der Waals surface area contributed by atoms with Gasteiger partial charge >= 0.3 is 5.97 Å². The van der Waals surface area contributed by atoms with Crippen LogP contribution in [-0.4, -0.2) is 28.9 Å². The molecule has 24 heavy (non-hydrogen) atoms. The zero-order valence-corrected chi connectivity index (χ0v) is 13.9. The van der Waals surface area contributed by atoms with E-state index in [0.717, 1.165) is 0 Å². The quantitative estimate of drug-likeness (QED) is 0.349. The number of rotatable bonds is 6. The molecule has 0 atom stereocenters. The molecule has 0 saturated heterocycles. The topological polar surface area (TPSA) is 98.8 Å². The van der Waals surface area contributed by atoms with E-state index in [4.69, 9.17) is 26.8 Å². The Labute approximate surface area is 148 Å². The summed E-state index contributed by atoms with van der Waals surface area (Å²) in [4.78, 5) is 15.8. The first-order valence-corrected chi connectivity index (χ1v) is 7.45. The number of hydrogen-bond acceptors (Lipinski definition) is 6. The van der Waals surface area contributed by atoms with E-state index in [-0.39, 0.29) is 11.7 Å². The number of thiocarbonyl (C=S) groups is 1. The summed E-state index contributed by atoms with van der Waals surface area (Å²) in [5, 5.41) is 4.40. The minimum atomic E-state index is -0.552. The Morgan fingerprint density at radius 1 is 1.29 bits per heavy atom. The molecule has 0 spiro atoms. The number of aromatic nitrogens is 1. The molecule has 0 aliphatic carbocycles. The number of halogens is 1. The highest BCUT2D eigenvalue weighted by Crippen LogP contribution is 2.15. The van der Waals surface area contributed by atoms with Crippen molar-refractivity contribution < 1.29 is 14.3 Å². The van der Waals surface area contributed by atoms with Gasteiger partial charge in [0.1, 0.15) is 11.5 Å². The summed E-state index contributed by atoms with van der Waals surface area (Å²) in [6.07, 6.45) is 2.82. The van der Waals surface area contributed by atoms with Crippen LogP contribution in [0.25, 0.3) is 0 Å². The predicted octanol–water partition coefficient (Wildman–Crippen LogP) is 1.89. The van der Waals surface area contributed by atoms with Gasteiger partial charge in [-0.1, -0.05) is 11.6 Å². The van der Waals surface area contributed by atoms with Crippen LogP contribution in [0.5, 0.6) is 11.5 Å². The van der Waals surface area contributed by atoms with Crippen molar-refractivity contribution in [1.82, 2.24) is 10.4 Å². The maximum Gasteiger partial charge on any atom is 0.349 e. The number of benzene rings is 1. The van der Waals surface area contributed by atoms with Gasteiger partial charge in [-0.15, -0.1) is 0 Å². The fourth-order valence-electron chi connectivity index (χ4n) is 1.52. The molecule has 2 aromatic rings. The van der Waals surface area contributed by atoms with Crippen LogP contribution in [0.3, 0.4) is 0 Å². The number of hydrazone groups is 1. The Bertz CT molecular complexity index is 735. The first kappa shape index (κ1) is 17.6. The molecule has 0 aliphatic heterocycles. The lowest BCUT2D eigenvalue weighted by Crippen LogP contribution is -2.24. The van der Waals surface area contributed by atoms with Crippen molar-refractivity contribution in [1.29, 1.82) is 0 Å². The first-order valence-electron chi connectivity index (χ1n) is 6.66. The highest BCUT2D eigenvalue weighted by atomic mass is 35.5. The fourth-order valence-corrected chi connectivity index (χ4v) is 1.70. The molecule has 0 bridgehead atoms. The number of hydrogen-bond donors (Lipinski definition) is 2. The lowest BCUT2D eigenvalue weighted by atomic mass is 10.3. The average molecular weight is 365 g/mol. The summed E-state index contributed by atoms with van der Waals surface area (Å²) in [6.45, 7) is -0.233. The highest BCUT2D eigenvalue weighted by Gasteiger charge is 2.06. The van der Waals surface area contributed by atoms with E-state index in [2.05, 4.69) is 27.7 Å². The van der Waals surface area contributed by atoms with Crippen molar-refractivity contribution in [2.45, 2.75) is 0 Å². The minimum Gasteiger partial charge on any atom is -0.482 e. The summed E-state index contributed by atoms with van der Waals surface area (Å²) in [6, 6.07) is 9.85. The summed E-state index contributed by atoms with van der Waals surface area (Å²) < 4.78 is 10.4. The van der Waals surface area contributed by atoms with Crippen LogP contribution in [0, 0.1) is 0 Å². The van der Waals surface area contributed by atoms with Gasteiger partial charge in [0.2, 0.25) is 0 Å². The van der Waals surface area contributed by atoms with Gasteiger partial charge in [0.15, 0.2) is 11.7 Å². The van der Waals surface area contributed by atoms with Gasteiger partial charge in [0, 0.05) is 5.02 Å². The van der Waals surface area contributed by atoms with Gasteiger partial charge in [-0.25, -0.2) is 4.79 Å². The zero-order chi connectivity index (χ0) is 17.4. The third-order valence-corrected chi connectivity index (χ3v) is 2.88. The Hall–Kier alpha value is -2.71. The van der Waals surface area contributed by atoms with Crippen LogP contribution in [0.15, 0.2) is 47.7 Å². The highest BCUT2D eigenvalue weighted by molar-refractivity contribution is 7.80. The number of nitrogens with two attached hydrogens (primary N) is 1. The van der Waals surface area contributed by atoms with E-state index >= 15 is 0 Å². The van der Waals surface area contributed by atoms with Crippen molar-refractivity contribution in [3.05, 3.63) is 53.3 Å². The molecular formula is C15H13ClN4O3S. The molecule has 124 valence electrons. The van der Waals surface area contributed by atoms with Crippen molar-refractivity contribution in [2.24, 2.45) is 10.8 Å². The Kier molecular flexibility index (Phi) is 6.47. The van der Waals surface area contributed by atoms with E-state index in [9.17, 15) is 4.79 Å². The Morgan fingerprint density at radius 2 is 2.00 bits per heavy atom. The molecule has 9 heteroatoms. The summed E-state index contributed by atoms with van der Waals surface area (Å²) in [7, 11) is 0. The molecule has 0 saturated carbocycles. The largest absolute Gasteiger partial charge is 0.482 e. The second-order valence-corrected chi connectivity index (χ2v) is 5.25. The first-order chi connectivity index (χ1) is 11.5. The molecule has 0 amide bonds. The van der Waals surface area contributed by atoms with Crippen LogP contribution < -0.4 is 20.6 Å². The molecule has 1 aromatic carbocycles. The molecule has 1 aromatic heterocycles. The second kappa shape index (κ2) is 8.80. The number of esters is 1.